The number of carbonyl (C=O) groups excluding carboxylic acids is 1. The van der Waals surface area contributed by atoms with Crippen LogP contribution in [0.25, 0.3) is 22.4 Å². The van der Waals surface area contributed by atoms with E-state index in [1.54, 1.807) is 35.0 Å². The van der Waals surface area contributed by atoms with Gasteiger partial charge >= 0.3 is 5.69 Å². The van der Waals surface area contributed by atoms with Crippen molar-refractivity contribution in [2.24, 2.45) is 0 Å². The van der Waals surface area contributed by atoms with Crippen LogP contribution in [0.1, 0.15) is 0 Å². The van der Waals surface area contributed by atoms with Crippen LogP contribution in [0.5, 0.6) is 0 Å². The summed E-state index contributed by atoms with van der Waals surface area (Å²) in [5.41, 5.74) is 1.56. The van der Waals surface area contributed by atoms with Crippen molar-refractivity contribution in [3.8, 4) is 11.3 Å². The van der Waals surface area contributed by atoms with Crippen molar-refractivity contribution in [3.05, 3.63) is 87.5 Å². The van der Waals surface area contributed by atoms with E-state index in [1.807, 2.05) is 0 Å². The Balaban J connectivity index is 1.48. The Bertz CT molecular complexity index is 1550. The largest absolute Gasteiger partial charge is 0.350 e. The predicted molar refractivity (Wildman–Crippen MR) is 116 cm³/mol. The second-order valence-electron chi connectivity index (χ2n) is 6.97. The number of halogens is 3. The van der Waals surface area contributed by atoms with Gasteiger partial charge in [0, 0.05) is 22.4 Å². The Morgan fingerprint density at radius 1 is 1.03 bits per heavy atom. The second kappa shape index (κ2) is 7.68. The Morgan fingerprint density at radius 3 is 2.56 bits per heavy atom. The van der Waals surface area contributed by atoms with E-state index in [9.17, 15) is 18.4 Å². The molecule has 5 rings (SSSR count). The maximum Gasteiger partial charge on any atom is 0.350 e. The van der Waals surface area contributed by atoms with Crippen LogP contribution in [0.2, 0.25) is 0 Å². The third-order valence-electron chi connectivity index (χ3n) is 4.83. The Hall–Kier alpha value is -3.86. The summed E-state index contributed by atoms with van der Waals surface area (Å²) in [7, 11) is 0. The van der Waals surface area contributed by atoms with Gasteiger partial charge in [0.05, 0.1) is 11.4 Å². The third kappa shape index (κ3) is 3.56. The van der Waals surface area contributed by atoms with E-state index in [1.165, 1.54) is 34.9 Å². The molecule has 0 unspecified atom stereocenters. The van der Waals surface area contributed by atoms with Gasteiger partial charge < -0.3 is 5.32 Å². The van der Waals surface area contributed by atoms with Gasteiger partial charge in [-0.2, -0.15) is 5.10 Å². The molecule has 160 valence electrons. The van der Waals surface area contributed by atoms with Crippen molar-refractivity contribution in [3.63, 3.8) is 0 Å². The van der Waals surface area contributed by atoms with E-state index in [0.29, 0.717) is 26.9 Å². The van der Waals surface area contributed by atoms with Crippen LogP contribution in [-0.2, 0) is 11.3 Å². The smallest absolute Gasteiger partial charge is 0.322 e. The van der Waals surface area contributed by atoms with Gasteiger partial charge in [0.1, 0.15) is 23.7 Å². The van der Waals surface area contributed by atoms with Gasteiger partial charge in [0.25, 0.3) is 0 Å². The van der Waals surface area contributed by atoms with E-state index in [2.05, 4.69) is 31.4 Å². The zero-order valence-electron chi connectivity index (χ0n) is 16.2. The standard InChI is InChI=1S/C21H13BrF2N6O2/c22-13-3-6-16(15(24)9-13)25-19(31)11-30-21(32)28-7-8-29-18(20(28)27-30)10-17(26-29)12-1-4-14(23)5-2-12/h1-10H,11H2,(H,25,31). The number of hydrogen-bond donors (Lipinski definition) is 1. The fourth-order valence-electron chi connectivity index (χ4n) is 3.32. The minimum atomic E-state index is -0.607. The molecular weight excluding hydrogens is 486 g/mol. The molecule has 3 aromatic heterocycles. The molecule has 0 radical (unpaired) electrons. The SMILES string of the molecule is O=C(Cn1nc2c3cc(-c4ccc(F)cc4)nn3ccn2c1=O)Nc1ccc(Br)cc1F. The molecule has 0 fully saturated rings. The van der Waals surface area contributed by atoms with Gasteiger partial charge in [0.2, 0.25) is 5.91 Å². The fourth-order valence-corrected chi connectivity index (χ4v) is 3.65. The highest BCUT2D eigenvalue weighted by molar-refractivity contribution is 9.10. The first-order valence-electron chi connectivity index (χ1n) is 9.37. The number of nitrogens with one attached hydrogen (secondary N) is 1. The second-order valence-corrected chi connectivity index (χ2v) is 7.89. The maximum absolute atomic E-state index is 14.0. The summed E-state index contributed by atoms with van der Waals surface area (Å²) in [5, 5.41) is 11.1. The third-order valence-corrected chi connectivity index (χ3v) is 5.32. The number of hydrogen-bond acceptors (Lipinski definition) is 4. The number of benzene rings is 2. The monoisotopic (exact) mass is 498 g/mol. The lowest BCUT2D eigenvalue weighted by Gasteiger charge is -2.06. The molecule has 5 aromatic rings. The highest BCUT2D eigenvalue weighted by Crippen LogP contribution is 2.22. The molecule has 3 heterocycles. The van der Waals surface area contributed by atoms with E-state index in [0.717, 1.165) is 4.68 Å². The topological polar surface area (TPSA) is 85.7 Å². The first-order valence-corrected chi connectivity index (χ1v) is 10.2. The van der Waals surface area contributed by atoms with E-state index >= 15 is 0 Å². The van der Waals surface area contributed by atoms with Gasteiger partial charge in [-0.25, -0.2) is 27.2 Å². The molecular formula is C21H13BrF2N6O2. The molecule has 0 aliphatic rings. The number of rotatable bonds is 4. The lowest BCUT2D eigenvalue weighted by molar-refractivity contribution is -0.117. The summed E-state index contributed by atoms with van der Waals surface area (Å²) >= 11 is 3.15. The molecule has 0 saturated carbocycles. The Kier molecular flexibility index (Phi) is 4.82. The molecule has 1 N–H and O–H groups in total. The van der Waals surface area contributed by atoms with E-state index < -0.39 is 24.0 Å². The number of amides is 1. The number of fused-ring (bicyclic) bond motifs is 3. The fraction of sp³-hybridized carbons (Fsp3) is 0.0476. The summed E-state index contributed by atoms with van der Waals surface area (Å²) in [5.74, 6) is -1.57. The molecule has 0 aliphatic heterocycles. The quantitative estimate of drug-likeness (QED) is 0.411. The molecule has 8 nitrogen and oxygen atoms in total. The van der Waals surface area contributed by atoms with Gasteiger partial charge in [-0.1, -0.05) is 15.9 Å². The van der Waals surface area contributed by atoms with Crippen molar-refractivity contribution < 1.29 is 13.6 Å². The molecule has 0 aliphatic carbocycles. The molecule has 32 heavy (non-hydrogen) atoms. The number of aromatic nitrogens is 5. The molecule has 0 atom stereocenters. The summed E-state index contributed by atoms with van der Waals surface area (Å²) < 4.78 is 31.5. The van der Waals surface area contributed by atoms with Crippen molar-refractivity contribution >= 4 is 38.7 Å². The van der Waals surface area contributed by atoms with Crippen molar-refractivity contribution in [2.75, 3.05) is 5.32 Å². The normalized spacial score (nSPS) is 11.3. The van der Waals surface area contributed by atoms with Crippen LogP contribution < -0.4 is 11.0 Å². The van der Waals surface area contributed by atoms with E-state index in [4.69, 9.17) is 0 Å². The average molecular weight is 499 g/mol. The summed E-state index contributed by atoms with van der Waals surface area (Å²) in [6, 6.07) is 11.8. The first kappa shape index (κ1) is 20.1. The van der Waals surface area contributed by atoms with Crippen molar-refractivity contribution in [1.82, 2.24) is 23.8 Å². The molecule has 2 aromatic carbocycles. The van der Waals surface area contributed by atoms with Crippen LogP contribution in [0, 0.1) is 11.6 Å². The summed E-state index contributed by atoms with van der Waals surface area (Å²) in [6.07, 6.45) is 3.07. The van der Waals surface area contributed by atoms with Gasteiger partial charge in [-0.3, -0.25) is 4.79 Å². The number of nitrogens with zero attached hydrogens (tertiary/aromatic N) is 5. The lowest BCUT2D eigenvalue weighted by atomic mass is 10.1. The van der Waals surface area contributed by atoms with Crippen LogP contribution in [0.4, 0.5) is 14.5 Å². The molecule has 11 heteroatoms. The van der Waals surface area contributed by atoms with Crippen LogP contribution in [0.15, 0.2) is 70.2 Å². The van der Waals surface area contributed by atoms with Crippen LogP contribution >= 0.6 is 15.9 Å². The minimum Gasteiger partial charge on any atom is -0.322 e. The Morgan fingerprint density at radius 2 is 1.81 bits per heavy atom. The lowest BCUT2D eigenvalue weighted by Crippen LogP contribution is -2.28. The minimum absolute atomic E-state index is 0.00265. The van der Waals surface area contributed by atoms with Crippen molar-refractivity contribution in [2.45, 2.75) is 6.54 Å². The number of carbonyl (C=O) groups is 1. The summed E-state index contributed by atoms with van der Waals surface area (Å²) in [4.78, 5) is 25.1. The first-order chi connectivity index (χ1) is 15.4. The zero-order valence-corrected chi connectivity index (χ0v) is 17.8. The van der Waals surface area contributed by atoms with Crippen LogP contribution in [-0.4, -0.2) is 29.7 Å². The van der Waals surface area contributed by atoms with E-state index in [-0.39, 0.29) is 11.5 Å². The Labute approximate surface area is 186 Å². The highest BCUT2D eigenvalue weighted by atomic mass is 79.9. The van der Waals surface area contributed by atoms with Crippen LogP contribution in [0.3, 0.4) is 0 Å². The highest BCUT2D eigenvalue weighted by Gasteiger charge is 2.16. The average Bonchev–Trinajstić information content (AvgIpc) is 3.32. The summed E-state index contributed by atoms with van der Waals surface area (Å²) in [6.45, 7) is -0.402. The molecule has 0 saturated heterocycles. The molecule has 1 amide bonds. The predicted octanol–water partition coefficient (Wildman–Crippen LogP) is 3.49. The maximum atomic E-state index is 14.0. The number of anilines is 1. The molecule has 0 spiro atoms. The molecule has 0 bridgehead atoms. The van der Waals surface area contributed by atoms with Crippen molar-refractivity contribution in [1.29, 1.82) is 0 Å². The zero-order chi connectivity index (χ0) is 22.4. The van der Waals surface area contributed by atoms with Gasteiger partial charge in [-0.15, -0.1) is 5.10 Å². The van der Waals surface area contributed by atoms with Gasteiger partial charge in [0.15, 0.2) is 5.65 Å². The van der Waals surface area contributed by atoms with Gasteiger partial charge in [-0.05, 0) is 48.5 Å².